The predicted molar refractivity (Wildman–Crippen MR) is 68.7 cm³/mol. The van der Waals surface area contributed by atoms with Crippen molar-refractivity contribution in [3.8, 4) is 0 Å². The summed E-state index contributed by atoms with van der Waals surface area (Å²) < 4.78 is 63.7. The van der Waals surface area contributed by atoms with Gasteiger partial charge in [0.15, 0.2) is 0 Å². The Bertz CT molecular complexity index is 624. The molecule has 2 rings (SSSR count). The van der Waals surface area contributed by atoms with E-state index in [-0.39, 0.29) is 29.1 Å². The lowest BCUT2D eigenvalue weighted by atomic mass is 10.2. The Morgan fingerprint density at radius 3 is 2.30 bits per heavy atom. The minimum Gasteiger partial charge on any atom is -0.397 e. The van der Waals surface area contributed by atoms with Crippen molar-refractivity contribution in [3.05, 3.63) is 18.2 Å². The highest BCUT2D eigenvalue weighted by Crippen LogP contribution is 2.51. The van der Waals surface area contributed by atoms with E-state index < -0.39 is 21.7 Å². The zero-order valence-electron chi connectivity index (χ0n) is 10.6. The summed E-state index contributed by atoms with van der Waals surface area (Å²) in [7, 11) is -2.44. The van der Waals surface area contributed by atoms with Gasteiger partial charge in [-0.1, -0.05) is 0 Å². The van der Waals surface area contributed by atoms with E-state index in [0.717, 1.165) is 6.07 Å². The topological polar surface area (TPSA) is 84.2 Å². The van der Waals surface area contributed by atoms with E-state index in [4.69, 9.17) is 5.73 Å². The predicted octanol–water partition coefficient (Wildman–Crippen LogP) is 1.68. The van der Waals surface area contributed by atoms with Crippen LogP contribution in [0.1, 0.15) is 12.8 Å². The molecule has 1 aliphatic rings. The zero-order chi connectivity index (χ0) is 15.2. The molecule has 1 saturated carbocycles. The maximum Gasteiger partial charge on any atom is 0.411 e. The summed E-state index contributed by atoms with van der Waals surface area (Å²) in [6, 6.07) is 3.57. The fourth-order valence-electron chi connectivity index (χ4n) is 1.80. The first-order valence-corrected chi connectivity index (χ1v) is 7.28. The second-order valence-electron chi connectivity index (χ2n) is 4.66. The van der Waals surface area contributed by atoms with Crippen LogP contribution in [0.4, 0.5) is 24.5 Å². The number of sulfonamides is 1. The third-order valence-electron chi connectivity index (χ3n) is 3.27. The Kier molecular flexibility index (Phi) is 3.37. The van der Waals surface area contributed by atoms with E-state index in [2.05, 4.69) is 10.0 Å². The van der Waals surface area contributed by atoms with Crippen molar-refractivity contribution in [2.24, 2.45) is 0 Å². The third kappa shape index (κ3) is 2.55. The molecule has 4 N–H and O–H groups in total. The van der Waals surface area contributed by atoms with Crippen LogP contribution in [-0.2, 0) is 10.0 Å². The van der Waals surface area contributed by atoms with E-state index in [0.29, 0.717) is 0 Å². The fraction of sp³-hybridized carbons (Fsp3) is 0.455. The average molecular weight is 309 g/mol. The molecule has 0 spiro atoms. The van der Waals surface area contributed by atoms with Crippen molar-refractivity contribution in [1.29, 1.82) is 0 Å². The van der Waals surface area contributed by atoms with Crippen LogP contribution in [0.25, 0.3) is 0 Å². The Balaban J connectivity index is 2.29. The summed E-state index contributed by atoms with van der Waals surface area (Å²) in [5, 5.41) is 2.37. The number of hydrogen-bond acceptors (Lipinski definition) is 4. The van der Waals surface area contributed by atoms with Crippen molar-refractivity contribution in [1.82, 2.24) is 4.72 Å². The van der Waals surface area contributed by atoms with Gasteiger partial charge in [-0.3, -0.25) is 0 Å². The van der Waals surface area contributed by atoms with E-state index in [1.807, 2.05) is 0 Å². The van der Waals surface area contributed by atoms with Gasteiger partial charge in [0.2, 0.25) is 10.0 Å². The van der Waals surface area contributed by atoms with Gasteiger partial charge in [0, 0.05) is 0 Å². The lowest BCUT2D eigenvalue weighted by Gasteiger charge is -2.23. The zero-order valence-corrected chi connectivity index (χ0v) is 11.4. The molecule has 0 aromatic heterocycles. The smallest absolute Gasteiger partial charge is 0.397 e. The number of alkyl halides is 3. The summed E-state index contributed by atoms with van der Waals surface area (Å²) in [5.74, 6) is 0. The molecule has 1 aromatic rings. The minimum atomic E-state index is -4.37. The number of hydrogen-bond donors (Lipinski definition) is 3. The highest BCUT2D eigenvalue weighted by molar-refractivity contribution is 7.89. The first-order valence-electron chi connectivity index (χ1n) is 5.79. The van der Waals surface area contributed by atoms with Gasteiger partial charge in [0.05, 0.1) is 16.3 Å². The Hall–Kier alpha value is -1.48. The van der Waals surface area contributed by atoms with Crippen LogP contribution in [0.3, 0.4) is 0 Å². The maximum absolute atomic E-state index is 12.8. The molecule has 0 unspecified atom stereocenters. The number of halogens is 3. The quantitative estimate of drug-likeness (QED) is 0.739. The van der Waals surface area contributed by atoms with E-state index in [9.17, 15) is 21.6 Å². The molecule has 0 bridgehead atoms. The largest absolute Gasteiger partial charge is 0.411 e. The molecule has 112 valence electrons. The first-order chi connectivity index (χ1) is 9.11. The number of rotatable bonds is 4. The summed E-state index contributed by atoms with van der Waals surface area (Å²) in [5.41, 5.74) is 3.72. The van der Waals surface area contributed by atoms with Crippen LogP contribution in [0, 0.1) is 0 Å². The molecule has 0 saturated heterocycles. The summed E-state index contributed by atoms with van der Waals surface area (Å²) >= 11 is 0. The molecule has 5 nitrogen and oxygen atoms in total. The second kappa shape index (κ2) is 4.52. The van der Waals surface area contributed by atoms with Gasteiger partial charge in [-0.05, 0) is 38.1 Å². The van der Waals surface area contributed by atoms with E-state index >= 15 is 0 Å². The standard InChI is InChI=1S/C11H14F3N3O2S/c1-16-20(18,19)7-2-3-9(8(15)6-7)17-10(4-5-10)11(12,13)14/h2-3,6,16-17H,4-5,15H2,1H3. The lowest BCUT2D eigenvalue weighted by Crippen LogP contribution is -2.38. The van der Waals surface area contributed by atoms with E-state index in [1.54, 1.807) is 0 Å². The van der Waals surface area contributed by atoms with Gasteiger partial charge in [-0.2, -0.15) is 13.2 Å². The molecule has 0 heterocycles. The van der Waals surface area contributed by atoms with Crippen LogP contribution in [0.15, 0.2) is 23.1 Å². The second-order valence-corrected chi connectivity index (χ2v) is 6.55. The Morgan fingerprint density at radius 1 is 1.30 bits per heavy atom. The third-order valence-corrected chi connectivity index (χ3v) is 4.68. The van der Waals surface area contributed by atoms with Crippen molar-refractivity contribution < 1.29 is 21.6 Å². The SMILES string of the molecule is CNS(=O)(=O)c1ccc(NC2(C(F)(F)F)CC2)c(N)c1. The summed E-state index contributed by atoms with van der Waals surface area (Å²) in [6.45, 7) is 0. The van der Waals surface area contributed by atoms with Crippen molar-refractivity contribution in [2.75, 3.05) is 18.1 Å². The van der Waals surface area contributed by atoms with Crippen LogP contribution in [0.5, 0.6) is 0 Å². The van der Waals surface area contributed by atoms with Gasteiger partial charge in [0.25, 0.3) is 0 Å². The Labute approximate surface area is 114 Å². The van der Waals surface area contributed by atoms with Crippen LogP contribution < -0.4 is 15.8 Å². The highest BCUT2D eigenvalue weighted by Gasteiger charge is 2.63. The lowest BCUT2D eigenvalue weighted by molar-refractivity contribution is -0.151. The van der Waals surface area contributed by atoms with E-state index in [1.165, 1.54) is 19.2 Å². The first kappa shape index (κ1) is 14.9. The molecule has 9 heteroatoms. The fourth-order valence-corrected chi connectivity index (χ4v) is 2.57. The Morgan fingerprint density at radius 2 is 1.90 bits per heavy atom. The number of nitrogens with two attached hydrogens (primary N) is 1. The molecule has 0 amide bonds. The van der Waals surface area contributed by atoms with Gasteiger partial charge < -0.3 is 11.1 Å². The minimum absolute atomic E-state index is 0.0213. The molecule has 0 radical (unpaired) electrons. The monoisotopic (exact) mass is 309 g/mol. The highest BCUT2D eigenvalue weighted by atomic mass is 32.2. The van der Waals surface area contributed by atoms with Gasteiger partial charge in [-0.25, -0.2) is 13.1 Å². The van der Waals surface area contributed by atoms with Crippen LogP contribution in [0.2, 0.25) is 0 Å². The van der Waals surface area contributed by atoms with Crippen LogP contribution >= 0.6 is 0 Å². The molecule has 1 aromatic carbocycles. The molecule has 1 aliphatic carbocycles. The molecule has 20 heavy (non-hydrogen) atoms. The molecular formula is C11H14F3N3O2S. The molecular weight excluding hydrogens is 295 g/mol. The maximum atomic E-state index is 12.8. The average Bonchev–Trinajstić information content (AvgIpc) is 3.12. The number of benzene rings is 1. The molecule has 0 atom stereocenters. The van der Waals surface area contributed by atoms with Crippen molar-refractivity contribution >= 4 is 21.4 Å². The molecule has 1 fully saturated rings. The van der Waals surface area contributed by atoms with Gasteiger partial charge in [-0.15, -0.1) is 0 Å². The number of nitrogens with one attached hydrogen (secondary N) is 2. The van der Waals surface area contributed by atoms with Crippen LogP contribution in [-0.4, -0.2) is 27.2 Å². The van der Waals surface area contributed by atoms with Gasteiger partial charge in [0.1, 0.15) is 5.54 Å². The normalized spacial score (nSPS) is 17.8. The van der Waals surface area contributed by atoms with Crippen molar-refractivity contribution in [2.45, 2.75) is 29.5 Å². The summed E-state index contributed by atoms with van der Waals surface area (Å²) in [6.07, 6.45) is -4.41. The number of anilines is 2. The van der Waals surface area contributed by atoms with Gasteiger partial charge >= 0.3 is 6.18 Å². The number of nitrogen functional groups attached to an aromatic ring is 1. The molecule has 0 aliphatic heterocycles. The van der Waals surface area contributed by atoms with Crippen molar-refractivity contribution in [3.63, 3.8) is 0 Å². The summed E-state index contributed by atoms with van der Waals surface area (Å²) in [4.78, 5) is -0.0973.